The Kier molecular flexibility index (Phi) is 4.56. The predicted molar refractivity (Wildman–Crippen MR) is 78.9 cm³/mol. The smallest absolute Gasteiger partial charge is 0.332 e. The molecule has 1 heterocycles. The van der Waals surface area contributed by atoms with Crippen molar-refractivity contribution in [2.45, 2.75) is 39.0 Å². The molecule has 0 unspecified atom stereocenters. The first-order valence-electron chi connectivity index (χ1n) is 7.11. The lowest BCUT2D eigenvalue weighted by molar-refractivity contribution is -0.385. The molecule has 0 saturated heterocycles. The van der Waals surface area contributed by atoms with E-state index < -0.39 is 4.92 Å². The van der Waals surface area contributed by atoms with Gasteiger partial charge in [0.2, 0.25) is 11.8 Å². The molecule has 1 aromatic rings. The van der Waals surface area contributed by atoms with Crippen molar-refractivity contribution in [3.05, 3.63) is 15.8 Å². The molecule has 1 fully saturated rings. The maximum absolute atomic E-state index is 11.1. The molecule has 1 aliphatic rings. The van der Waals surface area contributed by atoms with E-state index in [0.29, 0.717) is 6.54 Å². The molecule has 8 nitrogen and oxygen atoms in total. The second kappa shape index (κ2) is 6.21. The third-order valence-corrected chi connectivity index (χ3v) is 4.14. The summed E-state index contributed by atoms with van der Waals surface area (Å²) in [5, 5.41) is 23.8. The van der Waals surface area contributed by atoms with Crippen molar-refractivity contribution in [1.29, 1.82) is 0 Å². The maximum atomic E-state index is 11.1. The number of nitro groups is 1. The molecule has 0 atom stereocenters. The Bertz CT molecular complexity index is 529. The van der Waals surface area contributed by atoms with E-state index in [9.17, 15) is 15.2 Å². The lowest BCUT2D eigenvalue weighted by atomic mass is 9.74. The molecule has 1 aliphatic carbocycles. The van der Waals surface area contributed by atoms with Gasteiger partial charge >= 0.3 is 5.69 Å². The average molecular weight is 295 g/mol. The van der Waals surface area contributed by atoms with Crippen LogP contribution in [0.1, 0.15) is 37.8 Å². The Morgan fingerprint density at radius 1 is 1.38 bits per heavy atom. The Morgan fingerprint density at radius 3 is 2.62 bits per heavy atom. The standard InChI is InChI=1S/C13H21N5O3/c1-9-10(18(20)21)11(17-12(14)16-9)15-7-13(8-19)5-3-2-4-6-13/h19H,2-8H2,1H3,(H3,14,15,16,17). The van der Waals surface area contributed by atoms with Crippen LogP contribution in [-0.2, 0) is 0 Å². The fourth-order valence-corrected chi connectivity index (χ4v) is 2.89. The first kappa shape index (κ1) is 15.4. The number of nitrogen functional groups attached to an aromatic ring is 1. The van der Waals surface area contributed by atoms with Crippen LogP contribution in [0.2, 0.25) is 0 Å². The number of nitrogens with one attached hydrogen (secondary N) is 1. The van der Waals surface area contributed by atoms with Crippen LogP contribution >= 0.6 is 0 Å². The number of anilines is 2. The van der Waals surface area contributed by atoms with Gasteiger partial charge in [-0.3, -0.25) is 10.1 Å². The van der Waals surface area contributed by atoms with Gasteiger partial charge in [-0.25, -0.2) is 4.98 Å². The van der Waals surface area contributed by atoms with Crippen molar-refractivity contribution >= 4 is 17.5 Å². The summed E-state index contributed by atoms with van der Waals surface area (Å²) in [5.41, 5.74) is 5.41. The number of hydrogen-bond acceptors (Lipinski definition) is 7. The quantitative estimate of drug-likeness (QED) is 0.556. The summed E-state index contributed by atoms with van der Waals surface area (Å²) in [6.07, 6.45) is 5.11. The molecule has 0 radical (unpaired) electrons. The lowest BCUT2D eigenvalue weighted by Crippen LogP contribution is -2.36. The number of aliphatic hydroxyl groups is 1. The van der Waals surface area contributed by atoms with Gasteiger partial charge in [0.05, 0.1) is 11.5 Å². The van der Waals surface area contributed by atoms with Gasteiger partial charge < -0.3 is 16.2 Å². The predicted octanol–water partition coefficient (Wildman–Crippen LogP) is 1.63. The lowest BCUT2D eigenvalue weighted by Gasteiger charge is -2.35. The minimum atomic E-state index is -0.510. The molecule has 0 amide bonds. The molecular formula is C13H21N5O3. The zero-order valence-corrected chi connectivity index (χ0v) is 12.1. The highest BCUT2D eigenvalue weighted by molar-refractivity contribution is 5.60. The summed E-state index contributed by atoms with van der Waals surface area (Å²) in [7, 11) is 0. The number of aromatic nitrogens is 2. The van der Waals surface area contributed by atoms with Gasteiger partial charge in [-0.1, -0.05) is 19.3 Å². The zero-order chi connectivity index (χ0) is 15.5. The van der Waals surface area contributed by atoms with Crippen molar-refractivity contribution in [1.82, 2.24) is 9.97 Å². The monoisotopic (exact) mass is 295 g/mol. The Balaban J connectivity index is 2.21. The minimum Gasteiger partial charge on any atom is -0.396 e. The molecule has 8 heteroatoms. The van der Waals surface area contributed by atoms with Gasteiger partial charge in [0.1, 0.15) is 5.69 Å². The third-order valence-electron chi connectivity index (χ3n) is 4.14. The Hall–Kier alpha value is -1.96. The van der Waals surface area contributed by atoms with Gasteiger partial charge in [-0.15, -0.1) is 0 Å². The molecule has 4 N–H and O–H groups in total. The van der Waals surface area contributed by atoms with Crippen molar-refractivity contribution in [3.8, 4) is 0 Å². The molecule has 0 aliphatic heterocycles. The van der Waals surface area contributed by atoms with E-state index in [1.54, 1.807) is 0 Å². The van der Waals surface area contributed by atoms with Gasteiger partial charge in [-0.05, 0) is 19.8 Å². The minimum absolute atomic E-state index is 0.00212. The highest BCUT2D eigenvalue weighted by atomic mass is 16.6. The summed E-state index contributed by atoms with van der Waals surface area (Å²) < 4.78 is 0. The van der Waals surface area contributed by atoms with Crippen LogP contribution in [0, 0.1) is 22.5 Å². The van der Waals surface area contributed by atoms with Gasteiger partial charge in [0.15, 0.2) is 0 Å². The van der Waals surface area contributed by atoms with Crippen LogP contribution < -0.4 is 11.1 Å². The first-order valence-corrected chi connectivity index (χ1v) is 7.11. The summed E-state index contributed by atoms with van der Waals surface area (Å²) in [6, 6.07) is 0. The van der Waals surface area contributed by atoms with Crippen LogP contribution in [0.3, 0.4) is 0 Å². The maximum Gasteiger partial charge on any atom is 0.332 e. The van der Waals surface area contributed by atoms with Crippen molar-refractivity contribution < 1.29 is 10.0 Å². The summed E-state index contributed by atoms with van der Waals surface area (Å²) >= 11 is 0. The number of hydrogen-bond donors (Lipinski definition) is 3. The summed E-state index contributed by atoms with van der Waals surface area (Å²) in [5.74, 6) is 0.130. The average Bonchev–Trinajstić information content (AvgIpc) is 2.45. The molecule has 0 aromatic carbocycles. The van der Waals surface area contributed by atoms with E-state index in [4.69, 9.17) is 5.73 Å². The Labute approximate surface area is 122 Å². The molecule has 1 saturated carbocycles. The van der Waals surface area contributed by atoms with E-state index in [0.717, 1.165) is 25.7 Å². The second-order valence-corrected chi connectivity index (χ2v) is 5.69. The van der Waals surface area contributed by atoms with Crippen LogP contribution in [0.4, 0.5) is 17.5 Å². The van der Waals surface area contributed by atoms with E-state index in [2.05, 4.69) is 15.3 Å². The van der Waals surface area contributed by atoms with E-state index >= 15 is 0 Å². The molecule has 0 bridgehead atoms. The molecule has 0 spiro atoms. The van der Waals surface area contributed by atoms with E-state index in [1.165, 1.54) is 13.3 Å². The van der Waals surface area contributed by atoms with Gasteiger partial charge in [0.25, 0.3) is 0 Å². The fourth-order valence-electron chi connectivity index (χ4n) is 2.89. The van der Waals surface area contributed by atoms with Crippen LogP contribution in [0.15, 0.2) is 0 Å². The number of rotatable bonds is 5. The Morgan fingerprint density at radius 2 is 2.05 bits per heavy atom. The normalized spacial score (nSPS) is 17.4. The highest BCUT2D eigenvalue weighted by Gasteiger charge is 2.32. The first-order chi connectivity index (χ1) is 9.97. The summed E-state index contributed by atoms with van der Waals surface area (Å²) in [4.78, 5) is 18.4. The molecule has 116 valence electrons. The number of nitrogens with zero attached hydrogens (tertiary/aromatic N) is 3. The van der Waals surface area contributed by atoms with E-state index in [1.807, 2.05) is 0 Å². The van der Waals surface area contributed by atoms with Crippen LogP contribution in [0.25, 0.3) is 0 Å². The second-order valence-electron chi connectivity index (χ2n) is 5.69. The number of aliphatic hydroxyl groups excluding tert-OH is 1. The van der Waals surface area contributed by atoms with Crippen molar-refractivity contribution in [3.63, 3.8) is 0 Å². The highest BCUT2D eigenvalue weighted by Crippen LogP contribution is 2.36. The van der Waals surface area contributed by atoms with E-state index in [-0.39, 0.29) is 35.2 Å². The number of aryl methyl sites for hydroxylation is 1. The molecule has 1 aromatic heterocycles. The largest absolute Gasteiger partial charge is 0.396 e. The topological polar surface area (TPSA) is 127 Å². The SMILES string of the molecule is Cc1nc(N)nc(NCC2(CO)CCCCC2)c1[N+](=O)[O-]. The fraction of sp³-hybridized carbons (Fsp3) is 0.692. The zero-order valence-electron chi connectivity index (χ0n) is 12.1. The van der Waals surface area contributed by atoms with Gasteiger partial charge in [-0.2, -0.15) is 4.98 Å². The summed E-state index contributed by atoms with van der Waals surface area (Å²) in [6.45, 7) is 2.04. The molecule has 2 rings (SSSR count). The molecular weight excluding hydrogens is 274 g/mol. The van der Waals surface area contributed by atoms with Crippen molar-refractivity contribution in [2.24, 2.45) is 5.41 Å². The van der Waals surface area contributed by atoms with Crippen molar-refractivity contribution in [2.75, 3.05) is 24.2 Å². The number of nitrogens with two attached hydrogens (primary N) is 1. The third kappa shape index (κ3) is 3.38. The molecule has 21 heavy (non-hydrogen) atoms. The van der Waals surface area contributed by atoms with Gasteiger partial charge in [0, 0.05) is 12.0 Å². The van der Waals surface area contributed by atoms with Crippen LogP contribution in [0.5, 0.6) is 0 Å². The van der Waals surface area contributed by atoms with Crippen LogP contribution in [-0.4, -0.2) is 33.1 Å².